The van der Waals surface area contributed by atoms with Crippen LogP contribution in [0.5, 0.6) is 0 Å². The first kappa shape index (κ1) is 23.9. The maximum atomic E-state index is 12.3. The van der Waals surface area contributed by atoms with Gasteiger partial charge in [0.25, 0.3) is 0 Å². The van der Waals surface area contributed by atoms with Crippen LogP contribution in [0.15, 0.2) is 30.5 Å². The van der Waals surface area contributed by atoms with Crippen LogP contribution in [-0.2, 0) is 9.47 Å². The van der Waals surface area contributed by atoms with Crippen molar-refractivity contribution in [2.75, 3.05) is 38.1 Å². The van der Waals surface area contributed by atoms with Gasteiger partial charge in [0.15, 0.2) is 11.5 Å². The minimum atomic E-state index is -0.480. The van der Waals surface area contributed by atoms with E-state index in [4.69, 9.17) is 9.47 Å². The molecule has 2 N–H and O–H groups in total. The van der Waals surface area contributed by atoms with E-state index in [1.807, 2.05) is 32.9 Å². The molecule has 180 valence electrons. The Morgan fingerprint density at radius 2 is 2.00 bits per heavy atom. The predicted octanol–water partition coefficient (Wildman–Crippen LogP) is 3.87. The predicted molar refractivity (Wildman–Crippen MR) is 128 cm³/mol. The lowest BCUT2D eigenvalue weighted by Gasteiger charge is -2.33. The van der Waals surface area contributed by atoms with Gasteiger partial charge in [-0.3, -0.25) is 0 Å². The number of piperidine rings is 1. The molecule has 2 saturated heterocycles. The molecule has 34 heavy (non-hydrogen) atoms. The molecule has 0 spiro atoms. The molecule has 0 radical (unpaired) electrons. The maximum Gasteiger partial charge on any atom is 0.410 e. The molecule has 9 heteroatoms. The summed E-state index contributed by atoms with van der Waals surface area (Å²) in [5.41, 5.74) is 2.53. The second-order valence-corrected chi connectivity index (χ2v) is 9.66. The molecule has 1 aromatic carbocycles. The lowest BCUT2D eigenvalue weighted by molar-refractivity contribution is 0.0204. The van der Waals surface area contributed by atoms with E-state index in [0.29, 0.717) is 43.7 Å². The standard InChI is InChI=1S/C25H32N6O3/c1-25(2,3)34-24(32)31-11-8-18(9-12-31)17-4-6-19(7-5-17)29-23-20(14-26)28-15-21(30-23)22-16-27-10-13-33-22/h4-7,15,18,22,27H,8-13,16H2,1-3H3,(H,29,30). The van der Waals surface area contributed by atoms with Gasteiger partial charge < -0.3 is 25.0 Å². The number of carbonyl (C=O) groups excluding carboxylic acids is 1. The van der Waals surface area contributed by atoms with Crippen LogP contribution in [0.25, 0.3) is 0 Å². The SMILES string of the molecule is CC(C)(C)OC(=O)N1CCC(c2ccc(Nc3nc(C4CNCCO4)cnc3C#N)cc2)CC1. The van der Waals surface area contributed by atoms with Gasteiger partial charge in [-0.25, -0.2) is 14.8 Å². The Labute approximate surface area is 200 Å². The molecule has 1 unspecified atom stereocenters. The van der Waals surface area contributed by atoms with Gasteiger partial charge in [0.1, 0.15) is 17.8 Å². The second-order valence-electron chi connectivity index (χ2n) is 9.66. The Kier molecular flexibility index (Phi) is 7.29. The number of ether oxygens (including phenoxy) is 2. The molecule has 1 aromatic heterocycles. The average molecular weight is 465 g/mol. The Hall–Kier alpha value is -3.22. The van der Waals surface area contributed by atoms with Crippen LogP contribution in [0.1, 0.15) is 62.6 Å². The summed E-state index contributed by atoms with van der Waals surface area (Å²) >= 11 is 0. The van der Waals surface area contributed by atoms with Crippen LogP contribution < -0.4 is 10.6 Å². The van der Waals surface area contributed by atoms with Crippen LogP contribution in [-0.4, -0.2) is 59.3 Å². The molecule has 2 fully saturated rings. The fourth-order valence-electron chi connectivity index (χ4n) is 4.18. The van der Waals surface area contributed by atoms with Gasteiger partial charge in [-0.1, -0.05) is 12.1 Å². The minimum absolute atomic E-state index is 0.177. The summed E-state index contributed by atoms with van der Waals surface area (Å²) in [7, 11) is 0. The number of benzene rings is 1. The van der Waals surface area contributed by atoms with Crippen molar-refractivity contribution in [2.24, 2.45) is 0 Å². The molecular formula is C25H32N6O3. The van der Waals surface area contributed by atoms with Gasteiger partial charge >= 0.3 is 6.09 Å². The normalized spacial score (nSPS) is 19.4. The molecule has 0 saturated carbocycles. The smallest absolute Gasteiger partial charge is 0.410 e. The highest BCUT2D eigenvalue weighted by Gasteiger charge is 2.27. The Morgan fingerprint density at radius 3 is 2.62 bits per heavy atom. The third-order valence-corrected chi connectivity index (χ3v) is 5.95. The van der Waals surface area contributed by atoms with Crippen molar-refractivity contribution < 1.29 is 14.3 Å². The number of nitrogens with zero attached hydrogens (tertiary/aromatic N) is 4. The third kappa shape index (κ3) is 6.01. The number of hydrogen-bond acceptors (Lipinski definition) is 8. The number of anilines is 2. The van der Waals surface area contributed by atoms with Crippen LogP contribution in [0, 0.1) is 11.3 Å². The zero-order chi connectivity index (χ0) is 24.1. The van der Waals surface area contributed by atoms with E-state index in [1.54, 1.807) is 11.1 Å². The first-order valence-corrected chi connectivity index (χ1v) is 11.8. The summed E-state index contributed by atoms with van der Waals surface area (Å²) < 4.78 is 11.3. The van der Waals surface area contributed by atoms with Crippen molar-refractivity contribution in [1.82, 2.24) is 20.2 Å². The number of hydrogen-bond donors (Lipinski definition) is 2. The number of likely N-dealkylation sites (tertiary alicyclic amines) is 1. The van der Waals surface area contributed by atoms with E-state index in [9.17, 15) is 10.1 Å². The van der Waals surface area contributed by atoms with E-state index in [-0.39, 0.29) is 17.9 Å². The molecule has 1 atom stereocenters. The van der Waals surface area contributed by atoms with E-state index >= 15 is 0 Å². The minimum Gasteiger partial charge on any atom is -0.444 e. The number of nitrogens with one attached hydrogen (secondary N) is 2. The van der Waals surface area contributed by atoms with Gasteiger partial charge in [0.05, 0.1) is 18.5 Å². The molecular weight excluding hydrogens is 432 g/mol. The van der Waals surface area contributed by atoms with Crippen molar-refractivity contribution in [3.05, 3.63) is 47.4 Å². The van der Waals surface area contributed by atoms with E-state index in [1.165, 1.54) is 5.56 Å². The lowest BCUT2D eigenvalue weighted by atomic mass is 9.89. The van der Waals surface area contributed by atoms with Crippen molar-refractivity contribution in [3.63, 3.8) is 0 Å². The third-order valence-electron chi connectivity index (χ3n) is 5.95. The molecule has 3 heterocycles. The highest BCUT2D eigenvalue weighted by Crippen LogP contribution is 2.30. The molecule has 0 bridgehead atoms. The number of amides is 1. The maximum absolute atomic E-state index is 12.3. The summed E-state index contributed by atoms with van der Waals surface area (Å²) in [6, 6.07) is 10.3. The topological polar surface area (TPSA) is 112 Å². The summed E-state index contributed by atoms with van der Waals surface area (Å²) in [4.78, 5) is 23.0. The fraction of sp³-hybridized carbons (Fsp3) is 0.520. The Morgan fingerprint density at radius 1 is 1.26 bits per heavy atom. The van der Waals surface area contributed by atoms with E-state index < -0.39 is 5.60 Å². The van der Waals surface area contributed by atoms with Crippen molar-refractivity contribution >= 4 is 17.6 Å². The Bertz CT molecular complexity index is 1030. The molecule has 9 nitrogen and oxygen atoms in total. The second kappa shape index (κ2) is 10.4. The van der Waals surface area contributed by atoms with Gasteiger partial charge in [-0.2, -0.15) is 5.26 Å². The number of aromatic nitrogens is 2. The van der Waals surface area contributed by atoms with Gasteiger partial charge in [-0.15, -0.1) is 0 Å². The quantitative estimate of drug-likeness (QED) is 0.701. The van der Waals surface area contributed by atoms with Gasteiger partial charge in [0.2, 0.25) is 0 Å². The zero-order valence-electron chi connectivity index (χ0n) is 20.0. The van der Waals surface area contributed by atoms with Crippen LogP contribution in [0.4, 0.5) is 16.3 Å². The van der Waals surface area contributed by atoms with Crippen molar-refractivity contribution in [2.45, 2.75) is 51.2 Å². The van der Waals surface area contributed by atoms with Gasteiger partial charge in [0, 0.05) is 31.9 Å². The van der Waals surface area contributed by atoms with Crippen molar-refractivity contribution in [1.29, 1.82) is 5.26 Å². The van der Waals surface area contributed by atoms with E-state index in [2.05, 4.69) is 38.8 Å². The lowest BCUT2D eigenvalue weighted by Crippen LogP contribution is -2.41. The van der Waals surface area contributed by atoms with Gasteiger partial charge in [-0.05, 0) is 57.2 Å². The average Bonchev–Trinajstić information content (AvgIpc) is 2.84. The van der Waals surface area contributed by atoms with Crippen LogP contribution >= 0.6 is 0 Å². The first-order chi connectivity index (χ1) is 16.3. The zero-order valence-corrected chi connectivity index (χ0v) is 20.0. The first-order valence-electron chi connectivity index (χ1n) is 11.8. The molecule has 4 rings (SSSR count). The van der Waals surface area contributed by atoms with Crippen LogP contribution in [0.3, 0.4) is 0 Å². The molecule has 2 aromatic rings. The number of rotatable bonds is 4. The largest absolute Gasteiger partial charge is 0.444 e. The highest BCUT2D eigenvalue weighted by molar-refractivity contribution is 5.68. The number of nitriles is 1. The molecule has 2 aliphatic rings. The van der Waals surface area contributed by atoms with E-state index in [0.717, 1.165) is 25.1 Å². The monoisotopic (exact) mass is 464 g/mol. The molecule has 0 aliphatic carbocycles. The number of carbonyl (C=O) groups is 1. The molecule has 2 aliphatic heterocycles. The highest BCUT2D eigenvalue weighted by atomic mass is 16.6. The number of morpholine rings is 1. The Balaban J connectivity index is 1.38. The molecule has 1 amide bonds. The summed E-state index contributed by atoms with van der Waals surface area (Å²) in [5, 5.41) is 16.0. The fourth-order valence-corrected chi connectivity index (χ4v) is 4.18. The summed E-state index contributed by atoms with van der Waals surface area (Å²) in [5.74, 6) is 0.814. The summed E-state index contributed by atoms with van der Waals surface area (Å²) in [6.07, 6.45) is 2.98. The van der Waals surface area contributed by atoms with Crippen molar-refractivity contribution in [3.8, 4) is 6.07 Å². The van der Waals surface area contributed by atoms with Crippen LogP contribution in [0.2, 0.25) is 0 Å². The summed E-state index contributed by atoms with van der Waals surface area (Å²) in [6.45, 7) is 9.13.